The first kappa shape index (κ1) is 12.9. The average molecular weight is 282 g/mol. The topological polar surface area (TPSA) is 20.3 Å². The van der Waals surface area contributed by atoms with E-state index in [1.54, 1.807) is 6.07 Å². The van der Waals surface area contributed by atoms with Gasteiger partial charge in [0.05, 0.1) is 0 Å². The van der Waals surface area contributed by atoms with Gasteiger partial charge in [-0.1, -0.05) is 24.4 Å². The van der Waals surface area contributed by atoms with Gasteiger partial charge < -0.3 is 4.90 Å². The van der Waals surface area contributed by atoms with Crippen molar-refractivity contribution in [3.63, 3.8) is 0 Å². The number of amides is 1. The van der Waals surface area contributed by atoms with Gasteiger partial charge in [0.25, 0.3) is 5.91 Å². The molecule has 1 saturated carbocycles. The Labute approximate surface area is 117 Å². The van der Waals surface area contributed by atoms with Gasteiger partial charge in [-0.3, -0.25) is 4.79 Å². The van der Waals surface area contributed by atoms with Crippen molar-refractivity contribution in [2.75, 3.05) is 13.1 Å². The minimum absolute atomic E-state index is 0.0924. The molecule has 1 aromatic rings. The summed E-state index contributed by atoms with van der Waals surface area (Å²) in [6.07, 6.45) is 6.07. The molecule has 2 aliphatic rings. The SMILES string of the molecule is O=C(c1cc(F)cc(Cl)c1)N1CCC2(CCCC2)C1. The number of halogens is 2. The third-order valence-electron chi connectivity index (χ3n) is 4.50. The van der Waals surface area contributed by atoms with Crippen molar-refractivity contribution in [2.24, 2.45) is 5.41 Å². The fraction of sp³-hybridized carbons (Fsp3) is 0.533. The maximum atomic E-state index is 13.3. The molecule has 3 rings (SSSR count). The zero-order chi connectivity index (χ0) is 13.5. The van der Waals surface area contributed by atoms with Crippen LogP contribution in [0.3, 0.4) is 0 Å². The molecule has 1 aromatic carbocycles. The van der Waals surface area contributed by atoms with E-state index in [1.807, 2.05) is 4.90 Å². The highest BCUT2D eigenvalue weighted by atomic mass is 35.5. The zero-order valence-electron chi connectivity index (χ0n) is 10.8. The Morgan fingerprint density at radius 2 is 1.95 bits per heavy atom. The maximum absolute atomic E-state index is 13.3. The van der Waals surface area contributed by atoms with E-state index < -0.39 is 5.82 Å². The van der Waals surface area contributed by atoms with E-state index in [-0.39, 0.29) is 10.9 Å². The Hall–Kier alpha value is -1.09. The van der Waals surface area contributed by atoms with Crippen molar-refractivity contribution in [3.05, 3.63) is 34.6 Å². The Morgan fingerprint density at radius 1 is 1.21 bits per heavy atom. The van der Waals surface area contributed by atoms with Crippen LogP contribution in [0.15, 0.2) is 18.2 Å². The van der Waals surface area contributed by atoms with Crippen LogP contribution in [0.25, 0.3) is 0 Å². The maximum Gasteiger partial charge on any atom is 0.254 e. The number of rotatable bonds is 1. The molecule has 0 radical (unpaired) electrons. The van der Waals surface area contributed by atoms with Gasteiger partial charge in [-0.2, -0.15) is 0 Å². The number of likely N-dealkylation sites (tertiary alicyclic amines) is 1. The number of carbonyl (C=O) groups is 1. The fourth-order valence-corrected chi connectivity index (χ4v) is 3.72. The number of carbonyl (C=O) groups excluding carboxylic acids is 1. The molecule has 1 spiro atoms. The van der Waals surface area contributed by atoms with Crippen LogP contribution in [0.4, 0.5) is 4.39 Å². The monoisotopic (exact) mass is 281 g/mol. The lowest BCUT2D eigenvalue weighted by Crippen LogP contribution is -2.31. The van der Waals surface area contributed by atoms with E-state index in [0.717, 1.165) is 19.5 Å². The standard InChI is InChI=1S/C15H17ClFNO/c16-12-7-11(8-13(17)9-12)14(19)18-6-5-15(10-18)3-1-2-4-15/h7-9H,1-6,10H2. The highest BCUT2D eigenvalue weighted by Gasteiger charge is 2.41. The second kappa shape index (κ2) is 4.78. The lowest BCUT2D eigenvalue weighted by atomic mass is 9.86. The van der Waals surface area contributed by atoms with Crippen LogP contribution < -0.4 is 0 Å². The quantitative estimate of drug-likeness (QED) is 0.765. The molecule has 1 aliphatic heterocycles. The van der Waals surface area contributed by atoms with E-state index in [0.29, 0.717) is 11.0 Å². The minimum atomic E-state index is -0.453. The minimum Gasteiger partial charge on any atom is -0.338 e. The third kappa shape index (κ3) is 2.48. The molecule has 0 N–H and O–H groups in total. The number of hydrogen-bond acceptors (Lipinski definition) is 1. The van der Waals surface area contributed by atoms with E-state index in [1.165, 1.54) is 37.8 Å². The zero-order valence-corrected chi connectivity index (χ0v) is 11.5. The van der Waals surface area contributed by atoms with E-state index >= 15 is 0 Å². The lowest BCUT2D eigenvalue weighted by Gasteiger charge is -2.23. The molecule has 2 nitrogen and oxygen atoms in total. The summed E-state index contributed by atoms with van der Waals surface area (Å²) in [6.45, 7) is 1.60. The molecule has 0 atom stereocenters. The molecular formula is C15H17ClFNO. The molecule has 2 fully saturated rings. The van der Waals surface area contributed by atoms with Gasteiger partial charge in [0, 0.05) is 23.7 Å². The first-order chi connectivity index (χ1) is 9.08. The third-order valence-corrected chi connectivity index (χ3v) is 4.72. The number of benzene rings is 1. The summed E-state index contributed by atoms with van der Waals surface area (Å²) >= 11 is 5.81. The molecule has 102 valence electrons. The summed E-state index contributed by atoms with van der Waals surface area (Å²) in [5.41, 5.74) is 0.701. The van der Waals surface area contributed by atoms with Gasteiger partial charge in [-0.15, -0.1) is 0 Å². The summed E-state index contributed by atoms with van der Waals surface area (Å²) in [7, 11) is 0. The largest absolute Gasteiger partial charge is 0.338 e. The smallest absolute Gasteiger partial charge is 0.254 e. The molecule has 1 saturated heterocycles. The molecule has 0 unspecified atom stereocenters. The van der Waals surface area contributed by atoms with Crippen molar-refractivity contribution in [1.82, 2.24) is 4.90 Å². The Kier molecular flexibility index (Phi) is 3.25. The van der Waals surface area contributed by atoms with E-state index in [2.05, 4.69) is 0 Å². The van der Waals surface area contributed by atoms with Gasteiger partial charge in [0.15, 0.2) is 0 Å². The van der Waals surface area contributed by atoms with E-state index in [9.17, 15) is 9.18 Å². The number of nitrogens with zero attached hydrogens (tertiary/aromatic N) is 1. The first-order valence-corrected chi connectivity index (χ1v) is 7.21. The summed E-state index contributed by atoms with van der Waals surface area (Å²) < 4.78 is 13.3. The highest BCUT2D eigenvalue weighted by Crippen LogP contribution is 2.45. The van der Waals surface area contributed by atoms with Crippen molar-refractivity contribution in [3.8, 4) is 0 Å². The van der Waals surface area contributed by atoms with Crippen LogP contribution in [0.1, 0.15) is 42.5 Å². The summed E-state index contributed by atoms with van der Waals surface area (Å²) in [6, 6.07) is 4.04. The van der Waals surface area contributed by atoms with Crippen molar-refractivity contribution < 1.29 is 9.18 Å². The highest BCUT2D eigenvalue weighted by molar-refractivity contribution is 6.31. The van der Waals surface area contributed by atoms with Crippen LogP contribution in [0.5, 0.6) is 0 Å². The van der Waals surface area contributed by atoms with Gasteiger partial charge in [-0.25, -0.2) is 4.39 Å². The molecule has 19 heavy (non-hydrogen) atoms. The van der Waals surface area contributed by atoms with Gasteiger partial charge in [0.2, 0.25) is 0 Å². The summed E-state index contributed by atoms with van der Waals surface area (Å²) in [4.78, 5) is 14.2. The summed E-state index contributed by atoms with van der Waals surface area (Å²) in [5, 5.41) is 0.276. The van der Waals surface area contributed by atoms with Crippen molar-refractivity contribution in [1.29, 1.82) is 0 Å². The van der Waals surface area contributed by atoms with Gasteiger partial charge >= 0.3 is 0 Å². The molecule has 1 amide bonds. The first-order valence-electron chi connectivity index (χ1n) is 6.83. The van der Waals surface area contributed by atoms with Crippen LogP contribution in [0.2, 0.25) is 5.02 Å². The Balaban J connectivity index is 1.77. The Bertz CT molecular complexity index is 491. The molecule has 1 heterocycles. The fourth-order valence-electron chi connectivity index (χ4n) is 3.50. The van der Waals surface area contributed by atoms with Crippen LogP contribution in [0, 0.1) is 11.2 Å². The second-order valence-electron chi connectivity index (χ2n) is 5.84. The van der Waals surface area contributed by atoms with Crippen LogP contribution >= 0.6 is 11.6 Å². The van der Waals surface area contributed by atoms with Crippen LogP contribution in [-0.4, -0.2) is 23.9 Å². The molecule has 1 aliphatic carbocycles. The normalized spacial score (nSPS) is 21.3. The van der Waals surface area contributed by atoms with Gasteiger partial charge in [-0.05, 0) is 42.9 Å². The molecule has 0 bridgehead atoms. The second-order valence-corrected chi connectivity index (χ2v) is 6.28. The Morgan fingerprint density at radius 3 is 2.63 bits per heavy atom. The van der Waals surface area contributed by atoms with Crippen LogP contribution in [-0.2, 0) is 0 Å². The molecule has 4 heteroatoms. The number of hydrogen-bond donors (Lipinski definition) is 0. The van der Waals surface area contributed by atoms with Crippen molar-refractivity contribution >= 4 is 17.5 Å². The summed E-state index contributed by atoms with van der Waals surface area (Å²) in [5.74, 6) is -0.546. The lowest BCUT2D eigenvalue weighted by molar-refractivity contribution is 0.0772. The predicted molar refractivity (Wildman–Crippen MR) is 72.8 cm³/mol. The van der Waals surface area contributed by atoms with Crippen molar-refractivity contribution in [2.45, 2.75) is 32.1 Å². The molecule has 0 aromatic heterocycles. The van der Waals surface area contributed by atoms with E-state index in [4.69, 9.17) is 11.6 Å². The predicted octanol–water partition coefficient (Wildman–Crippen LogP) is 3.89. The van der Waals surface area contributed by atoms with Gasteiger partial charge in [0.1, 0.15) is 5.82 Å². The average Bonchev–Trinajstić information content (AvgIpc) is 2.98. The molecular weight excluding hydrogens is 265 g/mol.